The first-order chi connectivity index (χ1) is 26.1. The highest BCUT2D eigenvalue weighted by Crippen LogP contribution is 2.50. The van der Waals surface area contributed by atoms with Crippen LogP contribution in [0.5, 0.6) is 5.75 Å². The average Bonchev–Trinajstić information content (AvgIpc) is 3.84. The molecule has 3 aliphatic heterocycles. The number of ether oxygens (including phenoxy) is 5. The van der Waals surface area contributed by atoms with E-state index in [0.29, 0.717) is 23.2 Å². The molecule has 16 heteroatoms. The van der Waals surface area contributed by atoms with Crippen molar-refractivity contribution >= 4 is 57.5 Å². The average molecular weight is 779 g/mol. The van der Waals surface area contributed by atoms with Gasteiger partial charge in [0.1, 0.15) is 45.8 Å². The maximum Gasteiger partial charge on any atom is 0.412 e. The van der Waals surface area contributed by atoms with E-state index in [1.165, 1.54) is 37.4 Å². The van der Waals surface area contributed by atoms with E-state index in [4.69, 9.17) is 35.3 Å². The summed E-state index contributed by atoms with van der Waals surface area (Å²) in [6.45, 7) is 5.41. The van der Waals surface area contributed by atoms with Gasteiger partial charge in [-0.05, 0) is 56.2 Å². The lowest BCUT2D eigenvalue weighted by atomic mass is 9.78. The number of allylic oxidation sites excluding steroid dienone is 3. The molecule has 2 saturated heterocycles. The van der Waals surface area contributed by atoms with Crippen molar-refractivity contribution in [2.75, 3.05) is 31.5 Å². The van der Waals surface area contributed by atoms with Crippen molar-refractivity contribution < 1.29 is 48.1 Å². The van der Waals surface area contributed by atoms with E-state index in [2.05, 4.69) is 10.3 Å². The Morgan fingerprint density at radius 3 is 2.69 bits per heavy atom. The minimum Gasteiger partial charge on any atom is -0.495 e. The topological polar surface area (TPSA) is 192 Å². The standard InChI is InChI=1S/C39H43ClN4O11/c1-21-9-7-11-30(52-6)39(48)19-29(53-33(46)20-39)22(2)36-38(3,55-36)31(18-32(45)43(4)27-16-23(15-21)17-28(51-5)34(27)40)54-37(47)42-25-12-13-26(44(49)50)35-24(25)10-8-14-41-35/h7-14,16-17,22,29-31,36,48H,15,18-20H2,1-6H3,(H,42,47)/b11-7+,21-9+/t22-,29+,30-,31+,36+,38+,39-/m1/s1. The molecule has 3 aliphatic rings. The number of halogens is 1. The maximum atomic E-state index is 14.2. The number of non-ortho nitro benzene ring substituents is 1. The van der Waals surface area contributed by atoms with E-state index in [0.717, 1.165) is 11.1 Å². The Morgan fingerprint density at radius 2 is 1.98 bits per heavy atom. The molecule has 2 aromatic carbocycles. The number of nitro groups is 1. The molecule has 1 aromatic heterocycles. The van der Waals surface area contributed by atoms with Crippen LogP contribution >= 0.6 is 11.6 Å². The number of carbonyl (C=O) groups excluding carboxylic acids is 3. The zero-order valence-electron chi connectivity index (χ0n) is 31.2. The summed E-state index contributed by atoms with van der Waals surface area (Å²) in [4.78, 5) is 57.4. The molecule has 292 valence electrons. The summed E-state index contributed by atoms with van der Waals surface area (Å²) < 4.78 is 29.3. The fourth-order valence-corrected chi connectivity index (χ4v) is 7.85. The zero-order valence-corrected chi connectivity index (χ0v) is 32.0. The van der Waals surface area contributed by atoms with Crippen LogP contribution in [0.2, 0.25) is 5.02 Å². The molecule has 7 atom stereocenters. The molecule has 2 N–H and O–H groups in total. The third kappa shape index (κ3) is 8.01. The number of aliphatic hydroxyl groups is 1. The normalized spacial score (nSPS) is 30.0. The molecule has 0 radical (unpaired) electrons. The van der Waals surface area contributed by atoms with Crippen molar-refractivity contribution in [1.29, 1.82) is 0 Å². The van der Waals surface area contributed by atoms with Gasteiger partial charge in [0.15, 0.2) is 0 Å². The summed E-state index contributed by atoms with van der Waals surface area (Å²) in [7, 11) is 4.48. The number of pyridine rings is 1. The molecule has 2 fully saturated rings. The largest absolute Gasteiger partial charge is 0.495 e. The van der Waals surface area contributed by atoms with Gasteiger partial charge in [-0.25, -0.2) is 9.78 Å². The Kier molecular flexibility index (Phi) is 11.2. The second kappa shape index (κ2) is 15.6. The first kappa shape index (κ1) is 39.6. The Bertz CT molecular complexity index is 2090. The molecule has 2 amide bonds. The van der Waals surface area contributed by atoms with Crippen LogP contribution in [-0.2, 0) is 35.0 Å². The van der Waals surface area contributed by atoms with Crippen LogP contribution in [0, 0.1) is 16.0 Å². The molecule has 4 heterocycles. The number of aromatic nitrogens is 1. The molecular weight excluding hydrogens is 736 g/mol. The Balaban J connectivity index is 1.38. The zero-order chi connectivity index (χ0) is 39.8. The number of hydrogen-bond acceptors (Lipinski definition) is 12. The highest BCUT2D eigenvalue weighted by atomic mass is 35.5. The Labute approximate surface area is 322 Å². The van der Waals surface area contributed by atoms with Gasteiger partial charge in [-0.15, -0.1) is 0 Å². The first-order valence-corrected chi connectivity index (χ1v) is 18.1. The van der Waals surface area contributed by atoms with Crippen LogP contribution in [0.1, 0.15) is 45.6 Å². The summed E-state index contributed by atoms with van der Waals surface area (Å²) in [5, 5.41) is 26.7. The van der Waals surface area contributed by atoms with Crippen molar-refractivity contribution in [3.8, 4) is 5.75 Å². The number of nitrogens with zero attached hydrogens (tertiary/aromatic N) is 3. The van der Waals surface area contributed by atoms with Crippen LogP contribution in [0.25, 0.3) is 10.9 Å². The number of anilines is 2. The summed E-state index contributed by atoms with van der Waals surface area (Å²) in [6, 6.07) is 9.31. The van der Waals surface area contributed by atoms with E-state index < -0.39 is 64.4 Å². The lowest BCUT2D eigenvalue weighted by molar-refractivity contribution is -0.383. The fourth-order valence-electron chi connectivity index (χ4n) is 7.54. The molecular formula is C39H43ClN4O11. The Morgan fingerprint density at radius 1 is 1.22 bits per heavy atom. The van der Waals surface area contributed by atoms with E-state index in [9.17, 15) is 29.6 Å². The Hall–Kier alpha value is -5.09. The van der Waals surface area contributed by atoms with Gasteiger partial charge >= 0.3 is 12.1 Å². The van der Waals surface area contributed by atoms with Crippen molar-refractivity contribution in [1.82, 2.24) is 4.98 Å². The molecule has 0 spiro atoms. The van der Waals surface area contributed by atoms with Crippen molar-refractivity contribution in [2.24, 2.45) is 5.92 Å². The van der Waals surface area contributed by atoms with E-state index in [1.54, 1.807) is 57.3 Å². The fraction of sp³-hybridized carbons (Fsp3) is 0.436. The number of carbonyl (C=O) groups is 3. The number of nitro benzene ring substituents is 1. The molecule has 6 rings (SSSR count). The molecule has 0 aliphatic carbocycles. The number of amides is 2. The van der Waals surface area contributed by atoms with Gasteiger partial charge < -0.3 is 33.7 Å². The van der Waals surface area contributed by atoms with E-state index in [-0.39, 0.29) is 41.2 Å². The molecule has 55 heavy (non-hydrogen) atoms. The molecule has 0 saturated carbocycles. The highest BCUT2D eigenvalue weighted by molar-refractivity contribution is 6.35. The summed E-state index contributed by atoms with van der Waals surface area (Å²) in [5.74, 6) is -1.26. The number of rotatable bonds is 5. The molecule has 15 nitrogen and oxygen atoms in total. The number of fused-ring (bicyclic) bond motifs is 6. The number of nitrogens with one attached hydrogen (secondary N) is 1. The van der Waals surface area contributed by atoms with Crippen molar-refractivity contribution in [3.05, 3.63) is 87.1 Å². The molecule has 0 unspecified atom stereocenters. The van der Waals surface area contributed by atoms with Gasteiger partial charge in [0, 0.05) is 44.1 Å². The highest BCUT2D eigenvalue weighted by Gasteiger charge is 2.64. The minimum atomic E-state index is -1.61. The van der Waals surface area contributed by atoms with Gasteiger partial charge in [-0.2, -0.15) is 0 Å². The smallest absolute Gasteiger partial charge is 0.412 e. The second-order valence-corrected chi connectivity index (χ2v) is 14.8. The van der Waals surface area contributed by atoms with Gasteiger partial charge in [0.2, 0.25) is 5.91 Å². The lowest BCUT2D eigenvalue weighted by Gasteiger charge is -2.41. The van der Waals surface area contributed by atoms with Crippen LogP contribution < -0.4 is 15.0 Å². The van der Waals surface area contributed by atoms with Crippen LogP contribution in [0.15, 0.2) is 66.4 Å². The van der Waals surface area contributed by atoms with E-state index in [1.807, 2.05) is 13.0 Å². The van der Waals surface area contributed by atoms with E-state index >= 15 is 0 Å². The number of benzene rings is 2. The SMILES string of the molecule is COc1cc2cc(c1Cl)N(C)C(=O)C[C@H](OC(=O)Nc1ccc([N+](=O)[O-])c3ncccc13)[C@]1(C)O[C@H]1[C@H](C)[C@@H]1C[C@@](O)(CC(=O)O1)[C@H](OC)/C=C/C=C(\C)C2. The second-order valence-electron chi connectivity index (χ2n) is 14.4. The van der Waals surface area contributed by atoms with Crippen molar-refractivity contribution in [2.45, 2.75) is 82.1 Å². The van der Waals surface area contributed by atoms with Crippen molar-refractivity contribution in [3.63, 3.8) is 0 Å². The van der Waals surface area contributed by atoms with Gasteiger partial charge in [-0.1, -0.05) is 42.3 Å². The van der Waals surface area contributed by atoms with Crippen LogP contribution in [0.3, 0.4) is 0 Å². The summed E-state index contributed by atoms with van der Waals surface area (Å²) >= 11 is 6.76. The number of methoxy groups -OCH3 is 2. The quantitative estimate of drug-likeness (QED) is 0.132. The predicted octanol–water partition coefficient (Wildman–Crippen LogP) is 6.08. The summed E-state index contributed by atoms with van der Waals surface area (Å²) in [5.41, 5.74) is -0.770. The van der Waals surface area contributed by atoms with Crippen LogP contribution in [-0.4, -0.2) is 89.9 Å². The van der Waals surface area contributed by atoms with Gasteiger partial charge in [-0.3, -0.25) is 25.0 Å². The predicted molar refractivity (Wildman–Crippen MR) is 202 cm³/mol. The first-order valence-electron chi connectivity index (χ1n) is 17.7. The minimum absolute atomic E-state index is 0.0282. The van der Waals surface area contributed by atoms with Gasteiger partial charge in [0.25, 0.3) is 5.69 Å². The third-order valence-corrected chi connectivity index (χ3v) is 11.0. The summed E-state index contributed by atoms with van der Waals surface area (Å²) in [6.07, 6.45) is 2.03. The lowest BCUT2D eigenvalue weighted by Crippen LogP contribution is -2.53. The number of esters is 1. The monoisotopic (exact) mass is 778 g/mol. The van der Waals surface area contributed by atoms with Crippen LogP contribution in [0.4, 0.5) is 21.9 Å². The maximum absolute atomic E-state index is 14.2. The molecule has 3 aromatic rings. The third-order valence-electron chi connectivity index (χ3n) is 10.6. The molecule has 4 bridgehead atoms. The number of hydrogen-bond donors (Lipinski definition) is 2. The van der Waals surface area contributed by atoms with Gasteiger partial charge in [0.05, 0.1) is 42.4 Å². The number of epoxide rings is 1.